The Hall–Kier alpha value is -2.52. The van der Waals surface area contributed by atoms with Gasteiger partial charge in [-0.1, -0.05) is 11.8 Å². The molecule has 0 radical (unpaired) electrons. The predicted molar refractivity (Wildman–Crippen MR) is 120 cm³/mol. The highest BCUT2D eigenvalue weighted by atomic mass is 79.9. The fourth-order valence-corrected chi connectivity index (χ4v) is 5.55. The molecule has 0 aliphatic carbocycles. The number of hydrogen-bond acceptors (Lipinski definition) is 6. The van der Waals surface area contributed by atoms with E-state index in [2.05, 4.69) is 31.5 Å². The standard InChI is InChI=1S/C21H20BrN5O2S/c22-15-9-14-4-8-29-17(14)10-18(15)30-21-25-19-16(1-5-24-20(19)23)27(21)7-3-13-2-6-26(11-13)12-28/h1,4-5,8-10,12-13H,2-3,6-7,11H2,(H2,23,24). The van der Waals surface area contributed by atoms with E-state index in [0.717, 1.165) is 75.4 Å². The first-order valence-electron chi connectivity index (χ1n) is 9.77. The molecule has 0 spiro atoms. The Kier molecular flexibility index (Phi) is 5.16. The lowest BCUT2D eigenvalue weighted by molar-refractivity contribution is -0.117. The number of carbonyl (C=O) groups excluding carboxylic acids is 1. The van der Waals surface area contributed by atoms with Gasteiger partial charge in [0.05, 0.1) is 11.8 Å². The van der Waals surface area contributed by atoms with Crippen molar-refractivity contribution < 1.29 is 9.21 Å². The van der Waals surface area contributed by atoms with Crippen LogP contribution >= 0.6 is 27.7 Å². The van der Waals surface area contributed by atoms with E-state index in [1.807, 2.05) is 23.1 Å². The summed E-state index contributed by atoms with van der Waals surface area (Å²) in [6.07, 6.45) is 6.38. The zero-order valence-corrected chi connectivity index (χ0v) is 18.5. The minimum absolute atomic E-state index is 0.432. The van der Waals surface area contributed by atoms with Crippen molar-refractivity contribution in [1.29, 1.82) is 0 Å². The van der Waals surface area contributed by atoms with Crippen molar-refractivity contribution in [3.05, 3.63) is 41.2 Å². The number of nitrogens with zero attached hydrogens (tertiary/aromatic N) is 4. The van der Waals surface area contributed by atoms with E-state index in [9.17, 15) is 4.79 Å². The molecule has 1 unspecified atom stereocenters. The van der Waals surface area contributed by atoms with Gasteiger partial charge in [-0.15, -0.1) is 0 Å². The summed E-state index contributed by atoms with van der Waals surface area (Å²) in [5, 5.41) is 1.91. The summed E-state index contributed by atoms with van der Waals surface area (Å²) >= 11 is 5.25. The van der Waals surface area contributed by atoms with Crippen LogP contribution in [0.15, 0.2) is 55.7 Å². The quantitative estimate of drug-likeness (QED) is 0.403. The molecule has 154 valence electrons. The number of nitrogen functional groups attached to an aromatic ring is 1. The number of carbonyl (C=O) groups is 1. The Morgan fingerprint density at radius 1 is 1.37 bits per heavy atom. The number of likely N-dealkylation sites (tertiary alicyclic amines) is 1. The molecule has 0 bridgehead atoms. The first kappa shape index (κ1) is 19.4. The van der Waals surface area contributed by atoms with Crippen molar-refractivity contribution in [2.24, 2.45) is 5.92 Å². The number of pyridine rings is 1. The number of furan rings is 1. The second-order valence-electron chi connectivity index (χ2n) is 7.50. The summed E-state index contributed by atoms with van der Waals surface area (Å²) < 4.78 is 8.77. The molecule has 2 N–H and O–H groups in total. The minimum atomic E-state index is 0.432. The van der Waals surface area contributed by atoms with E-state index in [0.29, 0.717) is 11.7 Å². The van der Waals surface area contributed by atoms with E-state index in [1.165, 1.54) is 0 Å². The molecule has 0 saturated carbocycles. The number of nitrogens with two attached hydrogens (primary N) is 1. The molecule has 1 fully saturated rings. The summed E-state index contributed by atoms with van der Waals surface area (Å²) in [4.78, 5) is 22.9. The van der Waals surface area contributed by atoms with Crippen molar-refractivity contribution in [2.45, 2.75) is 29.4 Å². The smallest absolute Gasteiger partial charge is 0.209 e. The molecule has 4 aromatic rings. The molecule has 1 aromatic carbocycles. The van der Waals surface area contributed by atoms with Crippen LogP contribution < -0.4 is 5.73 Å². The summed E-state index contributed by atoms with van der Waals surface area (Å²) in [5.74, 6) is 0.928. The van der Waals surface area contributed by atoms with Gasteiger partial charge < -0.3 is 19.6 Å². The number of rotatable bonds is 6. The molecule has 5 rings (SSSR count). The predicted octanol–water partition coefficient (Wildman–Crippen LogP) is 4.54. The molecule has 4 heterocycles. The van der Waals surface area contributed by atoms with E-state index in [1.54, 1.807) is 24.2 Å². The average molecular weight is 486 g/mol. The van der Waals surface area contributed by atoms with Crippen molar-refractivity contribution in [1.82, 2.24) is 19.4 Å². The number of benzene rings is 1. The Morgan fingerprint density at radius 3 is 3.10 bits per heavy atom. The van der Waals surface area contributed by atoms with Gasteiger partial charge in [0.25, 0.3) is 0 Å². The molecule has 3 aromatic heterocycles. The van der Waals surface area contributed by atoms with Gasteiger partial charge >= 0.3 is 0 Å². The van der Waals surface area contributed by atoms with Crippen LogP contribution in [-0.4, -0.2) is 38.9 Å². The third-order valence-electron chi connectivity index (χ3n) is 5.60. The van der Waals surface area contributed by atoms with Crippen molar-refractivity contribution in [3.63, 3.8) is 0 Å². The molecule has 1 aliphatic rings. The average Bonchev–Trinajstić information content (AvgIpc) is 3.46. The first-order valence-corrected chi connectivity index (χ1v) is 11.4. The van der Waals surface area contributed by atoms with E-state index < -0.39 is 0 Å². The van der Waals surface area contributed by atoms with Crippen LogP contribution in [-0.2, 0) is 11.3 Å². The highest BCUT2D eigenvalue weighted by Gasteiger charge is 2.23. The molecular formula is C21H20BrN5O2S. The maximum absolute atomic E-state index is 11.0. The van der Waals surface area contributed by atoms with E-state index in [-0.39, 0.29) is 0 Å². The third-order valence-corrected chi connectivity index (χ3v) is 7.57. The number of aryl methyl sites for hydroxylation is 1. The molecule has 30 heavy (non-hydrogen) atoms. The lowest BCUT2D eigenvalue weighted by Crippen LogP contribution is -2.18. The lowest BCUT2D eigenvalue weighted by atomic mass is 10.1. The summed E-state index contributed by atoms with van der Waals surface area (Å²) in [6, 6.07) is 7.98. The zero-order chi connectivity index (χ0) is 20.7. The van der Waals surface area contributed by atoms with Crippen LogP contribution in [0.25, 0.3) is 22.0 Å². The molecular weight excluding hydrogens is 466 g/mol. The van der Waals surface area contributed by atoms with Gasteiger partial charge in [-0.25, -0.2) is 9.97 Å². The Morgan fingerprint density at radius 2 is 2.27 bits per heavy atom. The zero-order valence-electron chi connectivity index (χ0n) is 16.1. The monoisotopic (exact) mass is 485 g/mol. The summed E-state index contributed by atoms with van der Waals surface area (Å²) in [5.41, 5.74) is 8.64. The normalized spacial score (nSPS) is 16.7. The maximum Gasteiger partial charge on any atom is 0.209 e. The fourth-order valence-electron chi connectivity index (χ4n) is 3.99. The SMILES string of the molecule is Nc1nccc2c1nc(Sc1cc3occc3cc1Br)n2CCC1CCN(C=O)C1. The highest BCUT2D eigenvalue weighted by molar-refractivity contribution is 9.10. The number of imidazole rings is 1. The molecule has 1 amide bonds. The second-order valence-corrected chi connectivity index (χ2v) is 9.36. The van der Waals surface area contributed by atoms with Crippen LogP contribution in [0.1, 0.15) is 12.8 Å². The van der Waals surface area contributed by atoms with Crippen molar-refractivity contribution in [2.75, 3.05) is 18.8 Å². The summed E-state index contributed by atoms with van der Waals surface area (Å²) in [6.45, 7) is 2.47. The number of aromatic nitrogens is 3. The third kappa shape index (κ3) is 3.56. The molecule has 1 saturated heterocycles. The van der Waals surface area contributed by atoms with E-state index in [4.69, 9.17) is 15.1 Å². The van der Waals surface area contributed by atoms with Crippen molar-refractivity contribution in [3.8, 4) is 0 Å². The lowest BCUT2D eigenvalue weighted by Gasteiger charge is -2.13. The Labute approximate surface area is 185 Å². The molecule has 1 atom stereocenters. The van der Waals surface area contributed by atoms with Gasteiger partial charge in [-0.3, -0.25) is 4.79 Å². The summed E-state index contributed by atoms with van der Waals surface area (Å²) in [7, 11) is 0. The van der Waals surface area contributed by atoms with Gasteiger partial charge in [-0.2, -0.15) is 0 Å². The highest BCUT2D eigenvalue weighted by Crippen LogP contribution is 2.38. The number of halogens is 1. The Balaban J connectivity index is 1.48. The number of anilines is 1. The first-order chi connectivity index (χ1) is 14.6. The molecule has 9 heteroatoms. The second kappa shape index (κ2) is 7.96. The molecule has 1 aliphatic heterocycles. The van der Waals surface area contributed by atoms with Crippen LogP contribution in [0.5, 0.6) is 0 Å². The van der Waals surface area contributed by atoms with Gasteiger partial charge in [0, 0.05) is 40.6 Å². The largest absolute Gasteiger partial charge is 0.464 e. The minimum Gasteiger partial charge on any atom is -0.464 e. The topological polar surface area (TPSA) is 90.2 Å². The van der Waals surface area contributed by atoms with Gasteiger partial charge in [0.1, 0.15) is 11.1 Å². The maximum atomic E-state index is 11.0. The van der Waals surface area contributed by atoms with Crippen LogP contribution in [0, 0.1) is 5.92 Å². The van der Waals surface area contributed by atoms with Gasteiger partial charge in [0.15, 0.2) is 11.0 Å². The van der Waals surface area contributed by atoms with Gasteiger partial charge in [-0.05, 0) is 59.0 Å². The van der Waals surface area contributed by atoms with Crippen molar-refractivity contribution >= 4 is 61.9 Å². The number of fused-ring (bicyclic) bond motifs is 2. The number of amides is 1. The fraction of sp³-hybridized carbons (Fsp3) is 0.286. The van der Waals surface area contributed by atoms with E-state index >= 15 is 0 Å². The molecule has 7 nitrogen and oxygen atoms in total. The Bertz CT molecular complexity index is 1240. The van der Waals surface area contributed by atoms with Crippen LogP contribution in [0.4, 0.5) is 5.82 Å². The number of hydrogen-bond donors (Lipinski definition) is 1. The van der Waals surface area contributed by atoms with Crippen LogP contribution in [0.3, 0.4) is 0 Å². The van der Waals surface area contributed by atoms with Crippen LogP contribution in [0.2, 0.25) is 0 Å². The van der Waals surface area contributed by atoms with Gasteiger partial charge in [0.2, 0.25) is 6.41 Å².